The largest absolute Gasteiger partial charge is 0.481 e. The topological polar surface area (TPSA) is 44.8 Å². The molecule has 2 bridgehead atoms. The Kier molecular flexibility index (Phi) is 5.82. The van der Waals surface area contributed by atoms with Gasteiger partial charge in [-0.15, -0.1) is 0 Å². The monoisotopic (exact) mass is 513 g/mol. The summed E-state index contributed by atoms with van der Waals surface area (Å²) >= 11 is 0. The maximum absolute atomic E-state index is 12.9. The summed E-state index contributed by atoms with van der Waals surface area (Å²) in [6, 6.07) is 25.7. The van der Waals surface area contributed by atoms with Gasteiger partial charge in [0.25, 0.3) is 0 Å². The van der Waals surface area contributed by atoms with Crippen LogP contribution in [0.5, 0.6) is 5.75 Å². The lowest BCUT2D eigenvalue weighted by atomic mass is 9.70. The highest BCUT2D eigenvalue weighted by atomic mass is 32.2. The van der Waals surface area contributed by atoms with Crippen LogP contribution in [0, 0.1) is 37.5 Å². The van der Waals surface area contributed by atoms with E-state index in [9.17, 15) is 4.79 Å². The van der Waals surface area contributed by atoms with Crippen LogP contribution < -0.4 is 4.74 Å². The van der Waals surface area contributed by atoms with Crippen LogP contribution in [0.25, 0.3) is 0 Å². The number of esters is 1. The van der Waals surface area contributed by atoms with Gasteiger partial charge in [-0.1, -0.05) is 36.4 Å². The van der Waals surface area contributed by atoms with Gasteiger partial charge in [0.15, 0.2) is 21.3 Å². The third-order valence-electron chi connectivity index (χ3n) is 8.76. The van der Waals surface area contributed by atoms with Crippen molar-refractivity contribution in [1.29, 1.82) is 0 Å². The first-order valence-electron chi connectivity index (χ1n) is 13.5. The smallest absolute Gasteiger partial charge is 0.344 e. The standard InChI is InChI=1S/C32H33O4S/c1-19-13-25(37(23-9-5-3-6-10-23)24-11-7-4-8-12-24)14-20(2)30(19)34-18-28(33)36-32-27-17-22-15-21-16-26(21)29(32)31(22)35-27/h3-14,21-22,26-27,29,31-32H,15-18H2,1-2H3/q+1. The van der Waals surface area contributed by atoms with Crippen molar-refractivity contribution in [2.24, 2.45) is 23.7 Å². The van der Waals surface area contributed by atoms with E-state index in [0.717, 1.165) is 29.2 Å². The molecule has 0 radical (unpaired) electrons. The molecule has 2 saturated heterocycles. The zero-order valence-electron chi connectivity index (χ0n) is 21.3. The Morgan fingerprint density at radius 3 is 2.16 bits per heavy atom. The molecule has 7 atom stereocenters. The van der Waals surface area contributed by atoms with Crippen LogP contribution in [-0.2, 0) is 25.2 Å². The van der Waals surface area contributed by atoms with Gasteiger partial charge in [0, 0.05) is 18.1 Å². The van der Waals surface area contributed by atoms with Gasteiger partial charge in [-0.05, 0) is 86.3 Å². The number of benzene rings is 3. The average molecular weight is 514 g/mol. The Bertz CT molecular complexity index is 1240. The molecular weight excluding hydrogens is 480 g/mol. The summed E-state index contributed by atoms with van der Waals surface area (Å²) in [6.45, 7) is 4.06. The fraction of sp³-hybridized carbons (Fsp3) is 0.406. The van der Waals surface area contributed by atoms with E-state index in [1.165, 1.54) is 27.5 Å². The third-order valence-corrected chi connectivity index (χ3v) is 11.0. The molecule has 2 heterocycles. The van der Waals surface area contributed by atoms with Gasteiger partial charge >= 0.3 is 5.97 Å². The molecule has 0 aromatic heterocycles. The van der Waals surface area contributed by atoms with Crippen molar-refractivity contribution in [2.45, 2.75) is 66.1 Å². The molecule has 4 fully saturated rings. The summed E-state index contributed by atoms with van der Waals surface area (Å²) in [5.74, 6) is 3.12. The molecule has 0 N–H and O–H groups in total. The molecule has 3 aromatic rings. The molecule has 2 saturated carbocycles. The second kappa shape index (κ2) is 9.21. The third kappa shape index (κ3) is 4.17. The molecule has 7 rings (SSSR count). The molecule has 0 amide bonds. The first-order chi connectivity index (χ1) is 18.1. The summed E-state index contributed by atoms with van der Waals surface area (Å²) in [5, 5.41) is 0. The lowest BCUT2D eigenvalue weighted by Gasteiger charge is -2.36. The predicted octanol–water partition coefficient (Wildman–Crippen LogP) is 6.13. The molecule has 2 aliphatic carbocycles. The zero-order valence-corrected chi connectivity index (χ0v) is 22.2. The second-order valence-electron chi connectivity index (χ2n) is 11.2. The van der Waals surface area contributed by atoms with Crippen LogP contribution in [0.3, 0.4) is 0 Å². The van der Waals surface area contributed by atoms with Crippen molar-refractivity contribution < 1.29 is 19.0 Å². The minimum Gasteiger partial charge on any atom is -0.481 e. The van der Waals surface area contributed by atoms with Gasteiger partial charge in [0.2, 0.25) is 0 Å². The number of carbonyl (C=O) groups is 1. The van der Waals surface area contributed by atoms with Gasteiger partial charge in [-0.25, -0.2) is 4.79 Å². The van der Waals surface area contributed by atoms with E-state index >= 15 is 0 Å². The van der Waals surface area contributed by atoms with E-state index in [1.54, 1.807) is 0 Å². The van der Waals surface area contributed by atoms with Crippen molar-refractivity contribution in [3.05, 3.63) is 83.9 Å². The number of rotatable bonds is 7. The lowest BCUT2D eigenvalue weighted by molar-refractivity contribution is -0.157. The summed E-state index contributed by atoms with van der Waals surface area (Å²) in [5.41, 5.74) is 2.07. The molecule has 4 nitrogen and oxygen atoms in total. The summed E-state index contributed by atoms with van der Waals surface area (Å²) in [7, 11) is -0.224. The first kappa shape index (κ1) is 23.4. The fourth-order valence-corrected chi connectivity index (χ4v) is 9.49. The van der Waals surface area contributed by atoms with Crippen molar-refractivity contribution in [2.75, 3.05) is 6.61 Å². The zero-order chi connectivity index (χ0) is 25.1. The van der Waals surface area contributed by atoms with E-state index in [1.807, 2.05) is 0 Å². The summed E-state index contributed by atoms with van der Waals surface area (Å²) in [4.78, 5) is 16.7. The van der Waals surface area contributed by atoms with Crippen molar-refractivity contribution in [3.63, 3.8) is 0 Å². The second-order valence-corrected chi connectivity index (χ2v) is 13.2. The predicted molar refractivity (Wildman–Crippen MR) is 143 cm³/mol. The van der Waals surface area contributed by atoms with Gasteiger partial charge in [0.05, 0.1) is 23.1 Å². The Morgan fingerprint density at radius 2 is 1.51 bits per heavy atom. The molecule has 5 heteroatoms. The van der Waals surface area contributed by atoms with Gasteiger partial charge in [-0.2, -0.15) is 0 Å². The number of ether oxygens (including phenoxy) is 3. The molecule has 0 spiro atoms. The molecule has 7 unspecified atom stereocenters. The quantitative estimate of drug-likeness (QED) is 0.282. The molecule has 3 aromatic carbocycles. The van der Waals surface area contributed by atoms with Crippen molar-refractivity contribution >= 4 is 16.9 Å². The van der Waals surface area contributed by atoms with Crippen LogP contribution in [-0.4, -0.2) is 30.9 Å². The Morgan fingerprint density at radius 1 is 0.865 bits per heavy atom. The van der Waals surface area contributed by atoms with Crippen LogP contribution in [0.2, 0.25) is 0 Å². The average Bonchev–Trinajstić information content (AvgIpc) is 3.40. The van der Waals surface area contributed by atoms with Crippen LogP contribution >= 0.6 is 0 Å². The lowest BCUT2D eigenvalue weighted by Crippen LogP contribution is -2.44. The molecule has 190 valence electrons. The Hall–Kier alpha value is -2.76. The van der Waals surface area contributed by atoms with Crippen molar-refractivity contribution in [1.82, 2.24) is 0 Å². The number of hydrogen-bond acceptors (Lipinski definition) is 4. The highest BCUT2D eigenvalue weighted by Crippen LogP contribution is 2.64. The molecule has 4 aliphatic rings. The maximum atomic E-state index is 12.9. The maximum Gasteiger partial charge on any atom is 0.344 e. The highest BCUT2D eigenvalue weighted by Gasteiger charge is 2.66. The first-order valence-corrected chi connectivity index (χ1v) is 14.7. The number of carbonyl (C=O) groups excluding carboxylic acids is 1. The van der Waals surface area contributed by atoms with Crippen molar-refractivity contribution in [3.8, 4) is 5.75 Å². The summed E-state index contributed by atoms with van der Waals surface area (Å²) < 4.78 is 18.4. The van der Waals surface area contributed by atoms with E-state index < -0.39 is 0 Å². The summed E-state index contributed by atoms with van der Waals surface area (Å²) in [6.07, 6.45) is 3.96. The molecule has 37 heavy (non-hydrogen) atoms. The SMILES string of the molecule is Cc1cc([S+](c2ccccc2)c2ccccc2)cc(C)c1OCC(=O)OC1C2CC3CC4CC4C1C3O2. The number of hydrogen-bond donors (Lipinski definition) is 0. The van der Waals surface area contributed by atoms with Gasteiger partial charge in [-0.3, -0.25) is 0 Å². The van der Waals surface area contributed by atoms with Crippen LogP contribution in [0.15, 0.2) is 87.5 Å². The minimum atomic E-state index is -0.281. The fourth-order valence-electron chi connectivity index (χ4n) is 7.22. The van der Waals surface area contributed by atoms with E-state index in [0.29, 0.717) is 23.9 Å². The molecule has 2 aliphatic heterocycles. The normalized spacial score (nSPS) is 30.7. The van der Waals surface area contributed by atoms with E-state index in [-0.39, 0.29) is 35.7 Å². The number of fused-ring (bicyclic) bond motifs is 3. The van der Waals surface area contributed by atoms with Crippen LogP contribution in [0.1, 0.15) is 30.4 Å². The Balaban J connectivity index is 1.07. The van der Waals surface area contributed by atoms with E-state index in [2.05, 4.69) is 86.6 Å². The molecular formula is C32H33O4S+. The minimum absolute atomic E-state index is 0.0672. The van der Waals surface area contributed by atoms with Gasteiger partial charge < -0.3 is 14.2 Å². The highest BCUT2D eigenvalue weighted by molar-refractivity contribution is 7.97. The van der Waals surface area contributed by atoms with Crippen LogP contribution in [0.4, 0.5) is 0 Å². The van der Waals surface area contributed by atoms with Gasteiger partial charge in [0.1, 0.15) is 11.9 Å². The van der Waals surface area contributed by atoms with E-state index in [4.69, 9.17) is 14.2 Å². The Labute approximate surface area is 221 Å². The number of aryl methyl sites for hydroxylation is 2.